The molecule has 1 aromatic heterocycles. The van der Waals surface area contributed by atoms with E-state index in [2.05, 4.69) is 10.3 Å². The Bertz CT molecular complexity index is 1540. The van der Waals surface area contributed by atoms with E-state index in [1.165, 1.54) is 17.0 Å². The highest BCUT2D eigenvalue weighted by Gasteiger charge is 2.31. The van der Waals surface area contributed by atoms with Crippen LogP contribution in [0.15, 0.2) is 97.2 Å². The van der Waals surface area contributed by atoms with Gasteiger partial charge >= 0.3 is 12.3 Å². The zero-order valence-electron chi connectivity index (χ0n) is 23.9. The van der Waals surface area contributed by atoms with E-state index in [0.717, 1.165) is 12.1 Å². The molecule has 0 saturated heterocycles. The van der Waals surface area contributed by atoms with E-state index in [9.17, 15) is 27.9 Å². The summed E-state index contributed by atoms with van der Waals surface area (Å²) < 4.78 is 44.7. The fraction of sp³-hybridized carbons (Fsp3) is 0.242. The third-order valence-corrected chi connectivity index (χ3v) is 6.44. The highest BCUT2D eigenvalue weighted by Crippen LogP contribution is 2.32. The number of carbonyl (C=O) groups excluding carboxylic acids is 2. The Hall–Kier alpha value is -4.70. The van der Waals surface area contributed by atoms with E-state index in [1.807, 2.05) is 6.07 Å². The van der Waals surface area contributed by atoms with Gasteiger partial charge in [0, 0.05) is 35.2 Å². The number of aliphatic hydroxyl groups is 1. The zero-order chi connectivity index (χ0) is 31.2. The molecular formula is C33H32F3N3O4. The minimum atomic E-state index is -4.46. The van der Waals surface area contributed by atoms with Crippen LogP contribution < -0.4 is 10.2 Å². The Balaban J connectivity index is 1.57. The molecule has 0 aliphatic heterocycles. The molecule has 0 radical (unpaired) electrons. The lowest BCUT2D eigenvalue weighted by Gasteiger charge is -2.32. The quantitative estimate of drug-likeness (QED) is 0.223. The number of halogens is 3. The molecule has 224 valence electrons. The van der Waals surface area contributed by atoms with Gasteiger partial charge in [0.05, 0.1) is 18.2 Å². The third kappa shape index (κ3) is 8.20. The molecule has 43 heavy (non-hydrogen) atoms. The maximum absolute atomic E-state index is 13.3. The van der Waals surface area contributed by atoms with Gasteiger partial charge < -0.3 is 15.2 Å². The second kappa shape index (κ2) is 13.1. The number of benzene rings is 3. The van der Waals surface area contributed by atoms with Crippen LogP contribution in [0.25, 0.3) is 11.1 Å². The van der Waals surface area contributed by atoms with Gasteiger partial charge in [-0.2, -0.15) is 13.2 Å². The summed E-state index contributed by atoms with van der Waals surface area (Å²) in [5.74, 6) is -0.462. The minimum absolute atomic E-state index is 0.274. The third-order valence-electron chi connectivity index (χ3n) is 6.44. The Morgan fingerprint density at radius 2 is 1.56 bits per heavy atom. The van der Waals surface area contributed by atoms with Crippen LogP contribution in [0.1, 0.15) is 42.4 Å². The fourth-order valence-corrected chi connectivity index (χ4v) is 4.45. The molecule has 0 aliphatic carbocycles. The summed E-state index contributed by atoms with van der Waals surface area (Å²) in [6.07, 6.45) is -3.20. The van der Waals surface area contributed by atoms with Crippen LogP contribution in [-0.4, -0.2) is 40.3 Å². The second-order valence-electron chi connectivity index (χ2n) is 10.8. The van der Waals surface area contributed by atoms with Crippen molar-refractivity contribution in [2.75, 3.05) is 16.8 Å². The predicted molar refractivity (Wildman–Crippen MR) is 159 cm³/mol. The Morgan fingerprint density at radius 3 is 2.14 bits per heavy atom. The molecule has 0 fully saturated rings. The molecule has 1 heterocycles. The highest BCUT2D eigenvalue weighted by molar-refractivity contribution is 6.08. The van der Waals surface area contributed by atoms with Crippen LogP contribution in [0, 0.1) is 0 Å². The lowest BCUT2D eigenvalue weighted by atomic mass is 9.98. The summed E-state index contributed by atoms with van der Waals surface area (Å²) in [7, 11) is 0. The van der Waals surface area contributed by atoms with Crippen LogP contribution in [0.5, 0.6) is 0 Å². The Morgan fingerprint density at radius 1 is 0.907 bits per heavy atom. The Kier molecular flexibility index (Phi) is 9.50. The maximum Gasteiger partial charge on any atom is 0.416 e. The van der Waals surface area contributed by atoms with Crippen molar-refractivity contribution in [1.82, 2.24) is 4.98 Å². The normalized spacial score (nSPS) is 12.3. The van der Waals surface area contributed by atoms with Crippen molar-refractivity contribution in [2.24, 2.45) is 0 Å². The number of hydrogen-bond donors (Lipinski definition) is 2. The number of alkyl halides is 3. The van der Waals surface area contributed by atoms with Crippen molar-refractivity contribution in [3.05, 3.63) is 114 Å². The molecule has 10 heteroatoms. The summed E-state index contributed by atoms with van der Waals surface area (Å²) in [4.78, 5) is 32.2. The molecule has 2 amide bonds. The van der Waals surface area contributed by atoms with Gasteiger partial charge in [-0.05, 0) is 86.5 Å². The fourth-order valence-electron chi connectivity index (χ4n) is 4.45. The summed E-state index contributed by atoms with van der Waals surface area (Å²) in [6, 6.07) is 22.4. The Labute approximate surface area is 248 Å². The number of carbonyl (C=O) groups is 2. The molecule has 0 spiro atoms. The molecule has 3 aromatic carbocycles. The van der Waals surface area contributed by atoms with Gasteiger partial charge in [-0.3, -0.25) is 14.7 Å². The lowest BCUT2D eigenvalue weighted by Crippen LogP contribution is -2.46. The number of nitrogens with zero attached hydrogens (tertiary/aromatic N) is 2. The summed E-state index contributed by atoms with van der Waals surface area (Å²) >= 11 is 0. The van der Waals surface area contributed by atoms with Gasteiger partial charge in [-0.25, -0.2) is 4.79 Å². The minimum Gasteiger partial charge on any atom is -0.443 e. The maximum atomic E-state index is 13.3. The largest absolute Gasteiger partial charge is 0.443 e. The first-order valence-corrected chi connectivity index (χ1v) is 13.6. The van der Waals surface area contributed by atoms with Gasteiger partial charge in [0.1, 0.15) is 5.60 Å². The van der Waals surface area contributed by atoms with Gasteiger partial charge in [0.2, 0.25) is 0 Å². The van der Waals surface area contributed by atoms with Gasteiger partial charge in [-0.1, -0.05) is 36.4 Å². The average Bonchev–Trinajstić information content (AvgIpc) is 2.97. The first-order chi connectivity index (χ1) is 20.4. The van der Waals surface area contributed by atoms with E-state index in [4.69, 9.17) is 4.74 Å². The number of anilines is 2. The van der Waals surface area contributed by atoms with E-state index >= 15 is 0 Å². The predicted octanol–water partition coefficient (Wildman–Crippen LogP) is 7.36. The number of rotatable bonds is 8. The monoisotopic (exact) mass is 591 g/mol. The van der Waals surface area contributed by atoms with Crippen LogP contribution in [0.4, 0.5) is 29.3 Å². The highest BCUT2D eigenvalue weighted by atomic mass is 19.4. The van der Waals surface area contributed by atoms with E-state index < -0.39 is 35.4 Å². The molecule has 7 nitrogen and oxygen atoms in total. The van der Waals surface area contributed by atoms with Crippen LogP contribution in [-0.2, 0) is 17.3 Å². The molecular weight excluding hydrogens is 559 g/mol. The SMILES string of the molecule is CC(C)(C)OC(=O)N(c1ccc(NC(=O)c2ccccc2-c2ccc(C(F)(F)F)cc2)cc1)C(CO)Cc1ccccn1. The first-order valence-electron chi connectivity index (χ1n) is 13.6. The number of aliphatic hydroxyl groups excluding tert-OH is 1. The van der Waals surface area contributed by atoms with Gasteiger partial charge in [0.25, 0.3) is 5.91 Å². The van der Waals surface area contributed by atoms with E-state index in [-0.39, 0.29) is 18.6 Å². The van der Waals surface area contributed by atoms with E-state index in [0.29, 0.717) is 28.2 Å². The topological polar surface area (TPSA) is 91.8 Å². The molecule has 0 saturated carbocycles. The van der Waals surface area contributed by atoms with Crippen molar-refractivity contribution in [2.45, 2.75) is 45.0 Å². The second-order valence-corrected chi connectivity index (χ2v) is 10.8. The average molecular weight is 592 g/mol. The van der Waals surface area contributed by atoms with Crippen molar-refractivity contribution in [3.8, 4) is 11.1 Å². The zero-order valence-corrected chi connectivity index (χ0v) is 23.9. The van der Waals surface area contributed by atoms with Crippen molar-refractivity contribution in [1.29, 1.82) is 0 Å². The van der Waals surface area contributed by atoms with Crippen LogP contribution in [0.2, 0.25) is 0 Å². The van der Waals surface area contributed by atoms with Crippen molar-refractivity contribution < 1.29 is 32.6 Å². The number of pyridine rings is 1. The van der Waals surface area contributed by atoms with Crippen LogP contribution in [0.3, 0.4) is 0 Å². The number of aromatic nitrogens is 1. The number of hydrogen-bond acceptors (Lipinski definition) is 5. The number of ether oxygens (including phenoxy) is 1. The van der Waals surface area contributed by atoms with Crippen molar-refractivity contribution >= 4 is 23.4 Å². The van der Waals surface area contributed by atoms with Crippen molar-refractivity contribution in [3.63, 3.8) is 0 Å². The van der Waals surface area contributed by atoms with Gasteiger partial charge in [0.15, 0.2) is 0 Å². The first kappa shape index (κ1) is 31.2. The summed E-state index contributed by atoms with van der Waals surface area (Å²) in [5.41, 5.74) is 1.20. The standard InChI is InChI=1S/C33H32F3N3O4/c1-32(2,3)43-31(42)39(27(21-40)20-25-8-6-7-19-37-25)26-17-15-24(16-18-26)38-30(41)29-10-5-4-9-28(29)22-11-13-23(14-12-22)33(34,35)36/h4-19,27,40H,20-21H2,1-3H3,(H,38,41). The van der Waals surface area contributed by atoms with E-state index in [1.54, 1.807) is 87.6 Å². The molecule has 1 atom stereocenters. The lowest BCUT2D eigenvalue weighted by molar-refractivity contribution is -0.137. The molecule has 4 aromatic rings. The number of amides is 2. The molecule has 4 rings (SSSR count). The smallest absolute Gasteiger partial charge is 0.416 e. The number of nitrogens with one attached hydrogen (secondary N) is 1. The molecule has 2 N–H and O–H groups in total. The van der Waals surface area contributed by atoms with Gasteiger partial charge in [-0.15, -0.1) is 0 Å². The molecule has 0 aliphatic rings. The summed E-state index contributed by atoms with van der Waals surface area (Å²) in [5, 5.41) is 13.1. The molecule has 0 bridgehead atoms. The summed E-state index contributed by atoms with van der Waals surface area (Å²) in [6.45, 7) is 4.89. The molecule has 1 unspecified atom stereocenters. The van der Waals surface area contributed by atoms with Crippen LogP contribution >= 0.6 is 0 Å².